The molecule has 2 rings (SSSR count). The molecule has 0 aromatic heterocycles. The summed E-state index contributed by atoms with van der Waals surface area (Å²) in [6.07, 6.45) is 0. The normalized spacial score (nSPS) is 16.2. The van der Waals surface area contributed by atoms with Crippen LogP contribution in [0.15, 0.2) is 23.2 Å². The molecule has 0 aliphatic carbocycles. The van der Waals surface area contributed by atoms with Crippen molar-refractivity contribution in [3.05, 3.63) is 40.4 Å². The van der Waals surface area contributed by atoms with Crippen molar-refractivity contribution >= 4 is 17.3 Å². The first-order valence-electron chi connectivity index (χ1n) is 5.47. The van der Waals surface area contributed by atoms with E-state index in [1.54, 1.807) is 0 Å². The molecule has 19 heavy (non-hydrogen) atoms. The molecule has 1 amide bonds. The van der Waals surface area contributed by atoms with Crippen LogP contribution in [0.2, 0.25) is 0 Å². The largest absolute Gasteiger partial charge is 0.525 e. The summed E-state index contributed by atoms with van der Waals surface area (Å²) in [6.45, 7) is 1.03. The van der Waals surface area contributed by atoms with E-state index < -0.39 is 4.92 Å². The highest BCUT2D eigenvalue weighted by atomic mass is 16.6. The number of carbonyl (C=O) groups excluding carboxylic acids is 1. The Bertz CT molecular complexity index is 566. The Balaban J connectivity index is 2.41. The van der Waals surface area contributed by atoms with Gasteiger partial charge in [-0.3, -0.25) is 14.9 Å². The first kappa shape index (κ1) is 13.2. The zero-order valence-corrected chi connectivity index (χ0v) is 9.85. The van der Waals surface area contributed by atoms with Crippen LogP contribution in [0.1, 0.15) is 0 Å². The number of anilines is 1. The lowest BCUT2D eigenvalue weighted by Gasteiger charge is -2.29. The van der Waals surface area contributed by atoms with Gasteiger partial charge in [-0.2, -0.15) is 0 Å². The van der Waals surface area contributed by atoms with Crippen molar-refractivity contribution in [2.24, 2.45) is 4.99 Å². The van der Waals surface area contributed by atoms with Crippen LogP contribution >= 0.6 is 0 Å². The van der Waals surface area contributed by atoms with Crippen molar-refractivity contribution in [3.63, 3.8) is 0 Å². The van der Waals surface area contributed by atoms with Gasteiger partial charge in [0.05, 0.1) is 19.8 Å². The van der Waals surface area contributed by atoms with E-state index >= 15 is 0 Å². The smallest absolute Gasteiger partial charge is 0.212 e. The molecule has 0 saturated carbocycles. The summed E-state index contributed by atoms with van der Waals surface area (Å²) >= 11 is 0. The standard InChI is InChI=1S/C11H11N3O5/c15-4-3-12-9-2-1-8(5-10(9)14(17)18)13-7-19-6-11(13)16/h1-2,5,7,15H,3-4,6H2/q-2. The van der Waals surface area contributed by atoms with Crippen LogP contribution in [-0.2, 0) is 9.53 Å². The van der Waals surface area contributed by atoms with E-state index in [2.05, 4.69) is 4.99 Å². The van der Waals surface area contributed by atoms with Crippen LogP contribution in [0.3, 0.4) is 0 Å². The summed E-state index contributed by atoms with van der Waals surface area (Å²) in [7, 11) is 0. The predicted molar refractivity (Wildman–Crippen MR) is 63.9 cm³/mol. The minimum absolute atomic E-state index is 0.0789. The second-order valence-electron chi connectivity index (χ2n) is 3.72. The van der Waals surface area contributed by atoms with Gasteiger partial charge in [-0.15, -0.1) is 18.9 Å². The number of nitro groups is 1. The summed E-state index contributed by atoms with van der Waals surface area (Å²) < 4.78 is 4.84. The van der Waals surface area contributed by atoms with Crippen LogP contribution in [0, 0.1) is 16.8 Å². The molecule has 1 saturated heterocycles. The van der Waals surface area contributed by atoms with Gasteiger partial charge in [0.2, 0.25) is 5.91 Å². The van der Waals surface area contributed by atoms with Gasteiger partial charge in [0.25, 0.3) is 0 Å². The van der Waals surface area contributed by atoms with Crippen LogP contribution in [0.25, 0.3) is 0 Å². The van der Waals surface area contributed by atoms with Crippen molar-refractivity contribution < 1.29 is 19.6 Å². The third kappa shape index (κ3) is 2.80. The number of non-ortho nitro benzene ring substituents is 1. The highest BCUT2D eigenvalue weighted by Gasteiger charge is 2.12. The summed E-state index contributed by atoms with van der Waals surface area (Å²) in [6, 6.07) is 4.22. The zero-order valence-electron chi connectivity index (χ0n) is 9.85. The quantitative estimate of drug-likeness (QED) is 0.456. The third-order valence-electron chi connectivity index (χ3n) is 2.47. The first-order valence-corrected chi connectivity index (χ1v) is 5.47. The number of hydrogen-bond acceptors (Lipinski definition) is 6. The lowest BCUT2D eigenvalue weighted by Crippen LogP contribution is -2.23. The number of nitrogens with zero attached hydrogens (tertiary/aromatic N) is 3. The van der Waals surface area contributed by atoms with Crippen LogP contribution < -0.4 is 10.3 Å². The number of rotatable bonds is 4. The van der Waals surface area contributed by atoms with E-state index in [1.165, 1.54) is 29.8 Å². The van der Waals surface area contributed by atoms with E-state index in [-0.39, 0.29) is 36.7 Å². The minimum atomic E-state index is -0.582. The van der Waals surface area contributed by atoms with Gasteiger partial charge in [0.15, 0.2) is 5.69 Å². The maximum atomic E-state index is 11.5. The van der Waals surface area contributed by atoms with E-state index in [0.717, 1.165) is 0 Å². The van der Waals surface area contributed by atoms with E-state index in [0.29, 0.717) is 5.69 Å². The van der Waals surface area contributed by atoms with Crippen molar-refractivity contribution in [1.82, 2.24) is 0 Å². The number of benzene rings is 1. The fourth-order valence-corrected chi connectivity index (χ4v) is 1.63. The molecule has 0 bridgehead atoms. The van der Waals surface area contributed by atoms with E-state index in [9.17, 15) is 14.9 Å². The second kappa shape index (κ2) is 5.63. The summed E-state index contributed by atoms with van der Waals surface area (Å²) in [5, 5.41) is 19.8. The molecule has 1 aliphatic heterocycles. The van der Waals surface area contributed by atoms with Crippen LogP contribution in [-0.4, -0.2) is 35.7 Å². The molecule has 0 radical (unpaired) electrons. The predicted octanol–water partition coefficient (Wildman–Crippen LogP) is -0.311. The molecule has 1 aromatic carbocycles. The molecule has 8 nitrogen and oxygen atoms in total. The van der Waals surface area contributed by atoms with E-state index in [4.69, 9.17) is 9.84 Å². The first-order chi connectivity index (χ1) is 9.13. The zero-order chi connectivity index (χ0) is 13.8. The number of aliphatic hydroxyl groups is 1. The number of amides is 1. The number of hydrogen-bond donors (Lipinski definition) is 1. The lowest BCUT2D eigenvalue weighted by atomic mass is 10.2. The Kier molecular flexibility index (Phi) is 3.93. The Hall–Kier alpha value is -2.19. The molecule has 1 fully saturated rings. The summed E-state index contributed by atoms with van der Waals surface area (Å²) in [4.78, 5) is 26.9. The number of aliphatic hydroxyl groups excluding tert-OH is 1. The molecule has 1 aliphatic rings. The Morgan fingerprint density at radius 2 is 2.42 bits per heavy atom. The molecule has 1 N–H and O–H groups in total. The topological polar surface area (TPSA) is 105 Å². The molecule has 1 aromatic rings. The highest BCUT2D eigenvalue weighted by Crippen LogP contribution is 2.22. The van der Waals surface area contributed by atoms with Gasteiger partial charge in [-0.25, -0.2) is 0 Å². The molecule has 1 heterocycles. The van der Waals surface area contributed by atoms with Gasteiger partial charge >= 0.3 is 0 Å². The maximum Gasteiger partial charge on any atom is 0.212 e. The fourth-order valence-electron chi connectivity index (χ4n) is 1.63. The van der Waals surface area contributed by atoms with E-state index in [1.807, 2.05) is 0 Å². The van der Waals surface area contributed by atoms with Gasteiger partial charge in [-0.1, -0.05) is 11.8 Å². The SMILES string of the molecule is O=C1CO[CH-]N1c1ccc(=NCCO)[c-]([N+](=O)[O-])c1. The number of carbonyl (C=O) groups is 1. The summed E-state index contributed by atoms with van der Waals surface area (Å²) in [5.41, 5.74) is 0.121. The molecular weight excluding hydrogens is 254 g/mol. The third-order valence-corrected chi connectivity index (χ3v) is 2.47. The number of ether oxygens (including phenoxy) is 1. The minimum Gasteiger partial charge on any atom is -0.525 e. The molecule has 0 unspecified atom stereocenters. The average molecular weight is 265 g/mol. The van der Waals surface area contributed by atoms with Crippen LogP contribution in [0.4, 0.5) is 11.4 Å². The summed E-state index contributed by atoms with van der Waals surface area (Å²) in [5.74, 6) is -0.297. The van der Waals surface area contributed by atoms with Gasteiger partial charge < -0.3 is 19.7 Å². The molecule has 0 atom stereocenters. The van der Waals surface area contributed by atoms with Gasteiger partial charge in [0, 0.05) is 10.3 Å². The molecule has 8 heteroatoms. The van der Waals surface area contributed by atoms with Gasteiger partial charge in [0.1, 0.15) is 0 Å². The highest BCUT2D eigenvalue weighted by molar-refractivity contribution is 5.97. The molecule has 102 valence electrons. The Morgan fingerprint density at radius 1 is 1.63 bits per heavy atom. The van der Waals surface area contributed by atoms with Gasteiger partial charge in [-0.05, 0) is 0 Å². The lowest BCUT2D eigenvalue weighted by molar-refractivity contribution is -0.386. The molecular formula is C11H11N3O5-2. The van der Waals surface area contributed by atoms with Crippen molar-refractivity contribution in [3.8, 4) is 0 Å². The molecule has 0 spiro atoms. The number of nitro benzene ring substituents is 1. The Labute approximate surface area is 108 Å². The average Bonchev–Trinajstić information content (AvgIpc) is 2.82. The maximum absolute atomic E-state index is 11.5. The monoisotopic (exact) mass is 265 g/mol. The fraction of sp³-hybridized carbons (Fsp3) is 0.273. The van der Waals surface area contributed by atoms with Crippen LogP contribution in [0.5, 0.6) is 0 Å². The van der Waals surface area contributed by atoms with Crippen molar-refractivity contribution in [2.45, 2.75) is 0 Å². The van der Waals surface area contributed by atoms with Crippen molar-refractivity contribution in [1.29, 1.82) is 0 Å². The Morgan fingerprint density at radius 3 is 3.00 bits per heavy atom. The van der Waals surface area contributed by atoms with Crippen molar-refractivity contribution in [2.75, 3.05) is 24.7 Å². The second-order valence-corrected chi connectivity index (χ2v) is 3.72.